The number of phosphoric ester groups is 1. The predicted octanol–water partition coefficient (Wildman–Crippen LogP) is 3.24. The highest BCUT2D eigenvalue weighted by atomic mass is 31.3. The van der Waals surface area contributed by atoms with Crippen molar-refractivity contribution >= 4 is 36.9 Å². The monoisotopic (exact) mass is 793 g/mol. The summed E-state index contributed by atoms with van der Waals surface area (Å²) >= 11 is 0. The molecule has 6 N–H and O–H groups in total. The number of aryl methyl sites for hydroxylation is 1. The topological polar surface area (TPSA) is 281 Å². The van der Waals surface area contributed by atoms with Crippen LogP contribution in [-0.2, 0) is 49.9 Å². The molecule has 51 heavy (non-hydrogen) atoms. The molecule has 0 amide bonds. The van der Waals surface area contributed by atoms with Gasteiger partial charge in [-0.1, -0.05) is 54.7 Å². The van der Waals surface area contributed by atoms with Gasteiger partial charge in [-0.25, -0.2) is 23.1 Å². The molecular weight excluding hydrogens is 762 g/mol. The number of hydrogen-bond donors (Lipinski definition) is 6. The quantitative estimate of drug-likeness (QED) is 0.107. The van der Waals surface area contributed by atoms with Gasteiger partial charge in [0.15, 0.2) is 12.5 Å². The van der Waals surface area contributed by atoms with Gasteiger partial charge in [0, 0.05) is 17.4 Å². The van der Waals surface area contributed by atoms with Gasteiger partial charge in [0.2, 0.25) is 0 Å². The van der Waals surface area contributed by atoms with Crippen LogP contribution in [0.25, 0.3) is 0 Å². The van der Waals surface area contributed by atoms with Crippen molar-refractivity contribution in [3.05, 3.63) is 98.3 Å². The van der Waals surface area contributed by atoms with Gasteiger partial charge < -0.3 is 33.8 Å². The Kier molecular flexibility index (Phi) is 11.9. The van der Waals surface area contributed by atoms with E-state index < -0.39 is 79.9 Å². The molecule has 2 aliphatic rings. The molecule has 3 aromatic rings. The van der Waals surface area contributed by atoms with E-state index in [0.717, 1.165) is 16.3 Å². The van der Waals surface area contributed by atoms with Crippen LogP contribution in [-0.4, -0.2) is 60.3 Å². The maximum absolute atomic E-state index is 12.9. The lowest BCUT2D eigenvalue weighted by molar-refractivity contribution is -0.152. The Hall–Kier alpha value is -3.04. The average molecular weight is 793 g/mol. The Bertz CT molecular complexity index is 2120. The van der Waals surface area contributed by atoms with E-state index in [1.165, 1.54) is 24.3 Å². The van der Waals surface area contributed by atoms with Gasteiger partial charge in [0.05, 0.1) is 6.61 Å². The second kappa shape index (κ2) is 15.5. The third-order valence-electron chi connectivity index (χ3n) is 6.94. The molecule has 0 saturated carbocycles. The van der Waals surface area contributed by atoms with Crippen LogP contribution in [0.15, 0.2) is 70.4 Å². The fraction of sp³-hybridized carbons (Fsp3) is 0.333. The number of fused-ring (bicyclic) bond motifs is 1. The summed E-state index contributed by atoms with van der Waals surface area (Å²) in [4.78, 5) is 67.4. The minimum atomic E-state index is -6.04. The molecule has 0 radical (unpaired) electrons. The van der Waals surface area contributed by atoms with E-state index in [1.807, 2.05) is 24.1 Å². The van der Waals surface area contributed by atoms with Crippen molar-refractivity contribution < 1.29 is 69.5 Å². The van der Waals surface area contributed by atoms with Crippen molar-refractivity contribution in [1.82, 2.24) is 9.55 Å². The zero-order valence-corrected chi connectivity index (χ0v) is 30.0. The summed E-state index contributed by atoms with van der Waals surface area (Å²) in [5.74, 6) is 5.53. The Morgan fingerprint density at radius 3 is 2.14 bits per heavy atom. The van der Waals surface area contributed by atoms with Gasteiger partial charge in [-0.2, -0.15) is 12.9 Å². The maximum atomic E-state index is 12.9. The molecule has 0 bridgehead atoms. The number of para-hydroxylation sites is 1. The van der Waals surface area contributed by atoms with Crippen molar-refractivity contribution in [3.8, 4) is 11.8 Å². The summed E-state index contributed by atoms with van der Waals surface area (Å²) in [6.07, 6.45) is -4.03. The molecule has 2 fully saturated rings. The van der Waals surface area contributed by atoms with E-state index >= 15 is 0 Å². The first-order chi connectivity index (χ1) is 23.8. The normalized spacial score (nSPS) is 26.0. The second-order valence-electron chi connectivity index (χ2n) is 10.9. The molecule has 2 aliphatic heterocycles. The molecular formula is C27H31N3O17P4. The number of rotatable bonds is 13. The second-order valence-corrected chi connectivity index (χ2v) is 17.2. The summed E-state index contributed by atoms with van der Waals surface area (Å²) in [5, 5.41) is 1.88. The SMILES string of the molecule is CCC1OC2[C@@H](O1)[C@@H](COP(=O)(O)OP(=O)(O)OP(=O)(O)OP(=O)(O)Nc1ccccc1)O[C@H]2n1cc(C#Cc2ccc(C)cc2)c(=O)[nH]c1=O. The fourth-order valence-electron chi connectivity index (χ4n) is 4.81. The minimum absolute atomic E-state index is 0.0433. The van der Waals surface area contributed by atoms with E-state index in [4.69, 9.17) is 18.7 Å². The third-order valence-corrected chi connectivity index (χ3v) is 13.0. The molecule has 0 spiro atoms. The summed E-state index contributed by atoms with van der Waals surface area (Å²) in [6, 6.07) is 14.2. The number of aromatic nitrogens is 2. The highest BCUT2D eigenvalue weighted by Crippen LogP contribution is 2.71. The van der Waals surface area contributed by atoms with Gasteiger partial charge in [-0.05, 0) is 37.6 Å². The first kappa shape index (κ1) is 39.2. The van der Waals surface area contributed by atoms with E-state index in [2.05, 4.69) is 29.8 Å². The number of hydrogen-bond acceptors (Lipinski definition) is 13. The van der Waals surface area contributed by atoms with Crippen LogP contribution in [0, 0.1) is 18.8 Å². The van der Waals surface area contributed by atoms with Gasteiger partial charge >= 0.3 is 36.9 Å². The number of anilines is 1. The van der Waals surface area contributed by atoms with Crippen LogP contribution in [0.1, 0.15) is 36.3 Å². The van der Waals surface area contributed by atoms with Crippen molar-refractivity contribution in [3.63, 3.8) is 0 Å². The molecule has 24 heteroatoms. The first-order valence-corrected chi connectivity index (χ1v) is 20.7. The van der Waals surface area contributed by atoms with E-state index in [1.54, 1.807) is 25.1 Å². The Labute approximate surface area is 288 Å². The van der Waals surface area contributed by atoms with Gasteiger partial charge in [-0.15, -0.1) is 0 Å². The van der Waals surface area contributed by atoms with E-state index in [-0.39, 0.29) is 11.3 Å². The van der Waals surface area contributed by atoms with Gasteiger partial charge in [0.25, 0.3) is 5.56 Å². The van der Waals surface area contributed by atoms with E-state index in [0.29, 0.717) is 12.0 Å². The lowest BCUT2D eigenvalue weighted by atomic mass is 10.1. The Balaban J connectivity index is 1.27. The maximum Gasteiger partial charge on any atom is 0.490 e. The standard InChI is InChI=1S/C27H31N3O17P4/c1-3-22-43-23-21(16-41-49(35,36)46-51(39,40)47-50(37,38)45-48(33,34)29-20-7-5-4-6-8-20)42-26(24(23)44-22)30-15-19(25(31)28-27(30)32)14-13-18-11-9-17(2)10-12-18/h4-12,15,21-24,26H,3,16H2,1-2H3,(H,35,36)(H,37,38)(H,39,40)(H,28,31,32)(H2,29,33,34)/t21-,22?,23+,24?,26-/m1/s1. The van der Waals surface area contributed by atoms with Crippen LogP contribution in [0.3, 0.4) is 0 Å². The van der Waals surface area contributed by atoms with Crippen LogP contribution >= 0.6 is 31.2 Å². The zero-order valence-electron chi connectivity index (χ0n) is 26.4. The molecule has 276 valence electrons. The van der Waals surface area contributed by atoms with Crippen LogP contribution in [0.2, 0.25) is 0 Å². The number of aromatic amines is 1. The summed E-state index contributed by atoms with van der Waals surface area (Å²) in [6.45, 7) is 2.71. The van der Waals surface area contributed by atoms with Gasteiger partial charge in [-0.3, -0.25) is 24.0 Å². The number of benzene rings is 2. The molecule has 3 heterocycles. The molecule has 9 atom stereocenters. The molecule has 20 nitrogen and oxygen atoms in total. The lowest BCUT2D eigenvalue weighted by Gasteiger charge is -2.22. The van der Waals surface area contributed by atoms with Crippen molar-refractivity contribution in [2.24, 2.45) is 0 Å². The highest BCUT2D eigenvalue weighted by Gasteiger charge is 2.54. The fourth-order valence-corrected chi connectivity index (χ4v) is 9.95. The first-order valence-electron chi connectivity index (χ1n) is 14.7. The van der Waals surface area contributed by atoms with E-state index in [9.17, 15) is 47.4 Å². The van der Waals surface area contributed by atoms with Gasteiger partial charge in [0.1, 0.15) is 23.9 Å². The van der Waals surface area contributed by atoms with Crippen molar-refractivity contribution in [2.45, 2.75) is 51.1 Å². The average Bonchev–Trinajstić information content (AvgIpc) is 3.58. The highest BCUT2D eigenvalue weighted by molar-refractivity contribution is 7.71. The number of ether oxygens (including phenoxy) is 3. The smallest absolute Gasteiger partial charge is 0.346 e. The zero-order chi connectivity index (χ0) is 37.2. The number of nitrogens with one attached hydrogen (secondary N) is 2. The summed E-state index contributed by atoms with van der Waals surface area (Å²) in [7, 11) is -22.8. The summed E-state index contributed by atoms with van der Waals surface area (Å²) in [5.41, 5.74) is -0.238. The third kappa shape index (κ3) is 10.5. The molecule has 2 aromatic carbocycles. The van der Waals surface area contributed by atoms with Crippen LogP contribution < -0.4 is 16.3 Å². The minimum Gasteiger partial charge on any atom is -0.346 e. The number of H-pyrrole nitrogens is 1. The van der Waals surface area contributed by atoms with Crippen LogP contribution in [0.4, 0.5) is 5.69 Å². The Morgan fingerprint density at radius 1 is 0.843 bits per heavy atom. The largest absolute Gasteiger partial charge is 0.490 e. The molecule has 1 aromatic heterocycles. The molecule has 0 aliphatic carbocycles. The van der Waals surface area contributed by atoms with Crippen molar-refractivity contribution in [1.29, 1.82) is 0 Å². The molecule has 2 saturated heterocycles. The summed E-state index contributed by atoms with van der Waals surface area (Å²) < 4.78 is 84.9. The van der Waals surface area contributed by atoms with Crippen molar-refractivity contribution in [2.75, 3.05) is 11.7 Å². The van der Waals surface area contributed by atoms with Crippen LogP contribution in [0.5, 0.6) is 0 Å². The predicted molar refractivity (Wildman–Crippen MR) is 175 cm³/mol. The molecule has 6 unspecified atom stereocenters. The Morgan fingerprint density at radius 2 is 1.47 bits per heavy atom. The number of nitrogens with zero attached hydrogens (tertiary/aromatic N) is 1. The number of phosphoric acid groups is 3. The molecule has 5 rings (SSSR count). The lowest BCUT2D eigenvalue weighted by Crippen LogP contribution is -2.38.